The van der Waals surface area contributed by atoms with Gasteiger partial charge >= 0.3 is 17.0 Å². The number of alkyl halides is 3. The summed E-state index contributed by atoms with van der Waals surface area (Å²) in [5.74, 6) is -1.07. The van der Waals surface area contributed by atoms with E-state index in [0.29, 0.717) is 28.9 Å². The van der Waals surface area contributed by atoms with E-state index in [1.54, 1.807) is 34.6 Å². The first-order valence-electron chi connectivity index (χ1n) is 10.3. The molecule has 0 amide bonds. The molecule has 0 saturated carbocycles. The van der Waals surface area contributed by atoms with Crippen molar-refractivity contribution < 1.29 is 22.7 Å². The second-order valence-electron chi connectivity index (χ2n) is 7.81. The van der Waals surface area contributed by atoms with Crippen LogP contribution >= 0.6 is 23.4 Å². The van der Waals surface area contributed by atoms with E-state index < -0.39 is 23.0 Å². The van der Waals surface area contributed by atoms with Crippen molar-refractivity contribution in [2.24, 2.45) is 5.92 Å². The Morgan fingerprint density at radius 1 is 1.18 bits per heavy atom. The standard InChI is InChI=1S/C22H22ClF3N4O3S/c1-6-15-19(33-21(32)11(2)3)18(29-8-7-16(23)28-29)20(31)30(27-15)17-12(4)9-14(10-13(17)5)34-22(24,25)26/h7-11H,6H2,1-5H3. The summed E-state index contributed by atoms with van der Waals surface area (Å²) in [4.78, 5) is 26.0. The van der Waals surface area contributed by atoms with Gasteiger partial charge in [0.15, 0.2) is 16.6 Å². The Morgan fingerprint density at radius 2 is 1.79 bits per heavy atom. The van der Waals surface area contributed by atoms with Gasteiger partial charge in [0.1, 0.15) is 5.69 Å². The third-order valence-electron chi connectivity index (χ3n) is 4.80. The normalized spacial score (nSPS) is 11.8. The quantitative estimate of drug-likeness (QED) is 0.322. The summed E-state index contributed by atoms with van der Waals surface area (Å²) in [6.07, 6.45) is 1.74. The van der Waals surface area contributed by atoms with E-state index in [4.69, 9.17) is 16.3 Å². The Balaban J connectivity index is 2.30. The third kappa shape index (κ3) is 5.47. The van der Waals surface area contributed by atoms with Crippen molar-refractivity contribution in [3.05, 3.63) is 56.7 Å². The van der Waals surface area contributed by atoms with Gasteiger partial charge in [-0.05, 0) is 61.4 Å². The van der Waals surface area contributed by atoms with E-state index in [0.717, 1.165) is 4.68 Å². The molecule has 0 aliphatic heterocycles. The highest BCUT2D eigenvalue weighted by Gasteiger charge is 2.30. The zero-order chi connectivity index (χ0) is 25.4. The molecule has 2 aromatic heterocycles. The van der Waals surface area contributed by atoms with Crippen molar-refractivity contribution >= 4 is 29.3 Å². The number of hydrogen-bond acceptors (Lipinski definition) is 6. The zero-order valence-electron chi connectivity index (χ0n) is 19.0. The number of thioether (sulfide) groups is 1. The lowest BCUT2D eigenvalue weighted by molar-refractivity contribution is -0.137. The highest BCUT2D eigenvalue weighted by atomic mass is 35.5. The fraction of sp³-hybridized carbons (Fsp3) is 0.364. The van der Waals surface area contributed by atoms with Crippen LogP contribution in [0.25, 0.3) is 11.4 Å². The lowest BCUT2D eigenvalue weighted by atomic mass is 10.1. The van der Waals surface area contributed by atoms with Crippen molar-refractivity contribution in [3.63, 3.8) is 0 Å². The molecular formula is C22H22ClF3N4O3S. The van der Waals surface area contributed by atoms with Crippen LogP contribution in [0.1, 0.15) is 37.6 Å². The summed E-state index contributed by atoms with van der Waals surface area (Å²) in [7, 11) is 0. The molecule has 182 valence electrons. The Kier molecular flexibility index (Phi) is 7.47. The Morgan fingerprint density at radius 3 is 2.26 bits per heavy atom. The molecular weight excluding hydrogens is 493 g/mol. The molecule has 0 saturated heterocycles. The molecule has 3 rings (SSSR count). The first kappa shape index (κ1) is 25.8. The van der Waals surface area contributed by atoms with Crippen LogP contribution < -0.4 is 10.3 Å². The summed E-state index contributed by atoms with van der Waals surface area (Å²) in [6, 6.07) is 4.15. The molecule has 0 radical (unpaired) electrons. The zero-order valence-corrected chi connectivity index (χ0v) is 20.6. The molecule has 0 fully saturated rings. The van der Waals surface area contributed by atoms with Crippen LogP contribution in [0.2, 0.25) is 5.15 Å². The Hall–Kier alpha value is -2.79. The van der Waals surface area contributed by atoms with E-state index in [9.17, 15) is 22.8 Å². The lowest BCUT2D eigenvalue weighted by Gasteiger charge is -2.19. The highest BCUT2D eigenvalue weighted by molar-refractivity contribution is 8.00. The van der Waals surface area contributed by atoms with Crippen LogP contribution in [0, 0.1) is 19.8 Å². The van der Waals surface area contributed by atoms with Gasteiger partial charge < -0.3 is 4.74 Å². The van der Waals surface area contributed by atoms with E-state index in [-0.39, 0.29) is 33.2 Å². The Bertz CT molecular complexity index is 1280. The maximum Gasteiger partial charge on any atom is 0.446 e. The maximum atomic E-state index is 13.7. The Labute approximate surface area is 202 Å². The number of nitrogens with zero attached hydrogens (tertiary/aromatic N) is 4. The molecule has 3 aromatic rings. The van der Waals surface area contributed by atoms with E-state index >= 15 is 0 Å². The molecule has 1 aromatic carbocycles. The number of hydrogen-bond donors (Lipinski definition) is 0. The van der Waals surface area contributed by atoms with Crippen LogP contribution in [-0.4, -0.2) is 31.0 Å². The summed E-state index contributed by atoms with van der Waals surface area (Å²) < 4.78 is 46.5. The summed E-state index contributed by atoms with van der Waals surface area (Å²) in [5.41, 5.74) is -3.75. The second-order valence-corrected chi connectivity index (χ2v) is 9.33. The van der Waals surface area contributed by atoms with Gasteiger partial charge in [0.05, 0.1) is 11.6 Å². The molecule has 2 heterocycles. The van der Waals surface area contributed by atoms with Crippen LogP contribution in [0.15, 0.2) is 34.1 Å². The van der Waals surface area contributed by atoms with Crippen LogP contribution in [0.5, 0.6) is 5.75 Å². The lowest BCUT2D eigenvalue weighted by Crippen LogP contribution is -2.30. The topological polar surface area (TPSA) is 79.0 Å². The van der Waals surface area contributed by atoms with Gasteiger partial charge in [0.25, 0.3) is 0 Å². The summed E-state index contributed by atoms with van der Waals surface area (Å²) in [5, 5.41) is 8.62. The summed E-state index contributed by atoms with van der Waals surface area (Å²) in [6.45, 7) is 8.27. The molecule has 7 nitrogen and oxygen atoms in total. The molecule has 0 aliphatic rings. The van der Waals surface area contributed by atoms with Gasteiger partial charge in [-0.25, -0.2) is 4.68 Å². The predicted molar refractivity (Wildman–Crippen MR) is 123 cm³/mol. The number of carbonyl (C=O) groups excluding carboxylic acids is 1. The molecule has 34 heavy (non-hydrogen) atoms. The number of carbonyl (C=O) groups is 1. The van der Waals surface area contributed by atoms with Gasteiger partial charge in [0.2, 0.25) is 0 Å². The number of ether oxygens (including phenoxy) is 1. The monoisotopic (exact) mass is 514 g/mol. The summed E-state index contributed by atoms with van der Waals surface area (Å²) >= 11 is 5.73. The molecule has 12 heteroatoms. The largest absolute Gasteiger partial charge is 0.446 e. The van der Waals surface area contributed by atoms with Gasteiger partial charge in [-0.15, -0.1) is 0 Å². The first-order chi connectivity index (χ1) is 15.8. The number of rotatable bonds is 6. The second kappa shape index (κ2) is 9.83. The van der Waals surface area contributed by atoms with Crippen LogP contribution in [-0.2, 0) is 11.2 Å². The first-order valence-corrected chi connectivity index (χ1v) is 11.5. The SMILES string of the molecule is CCc1nn(-c2c(C)cc(SC(F)(F)F)cc2C)c(=O)c(-n2ccc(Cl)n2)c1OC(=O)C(C)C. The van der Waals surface area contributed by atoms with Gasteiger partial charge in [-0.3, -0.25) is 9.59 Å². The number of aryl methyl sites for hydroxylation is 3. The molecule has 0 aliphatic carbocycles. The molecule has 0 unspecified atom stereocenters. The number of halogens is 4. The number of benzene rings is 1. The maximum absolute atomic E-state index is 13.7. The minimum absolute atomic E-state index is 0.00317. The number of aromatic nitrogens is 4. The van der Waals surface area contributed by atoms with E-state index in [2.05, 4.69) is 10.2 Å². The van der Waals surface area contributed by atoms with E-state index in [1.807, 2.05) is 0 Å². The van der Waals surface area contributed by atoms with Crippen molar-refractivity contribution in [1.82, 2.24) is 19.6 Å². The minimum Gasteiger partial charge on any atom is -0.422 e. The molecule has 0 N–H and O–H groups in total. The van der Waals surface area contributed by atoms with Crippen molar-refractivity contribution in [2.45, 2.75) is 51.4 Å². The minimum atomic E-state index is -4.45. The van der Waals surface area contributed by atoms with Crippen LogP contribution in [0.3, 0.4) is 0 Å². The number of esters is 1. The average molecular weight is 515 g/mol. The highest BCUT2D eigenvalue weighted by Crippen LogP contribution is 2.38. The average Bonchev–Trinajstić information content (AvgIpc) is 3.13. The molecule has 0 bridgehead atoms. The van der Waals surface area contributed by atoms with Crippen LogP contribution in [0.4, 0.5) is 13.2 Å². The van der Waals surface area contributed by atoms with Gasteiger partial charge in [-0.1, -0.05) is 32.4 Å². The predicted octanol–water partition coefficient (Wildman–Crippen LogP) is 5.42. The van der Waals surface area contributed by atoms with Crippen molar-refractivity contribution in [2.75, 3.05) is 0 Å². The molecule has 0 atom stereocenters. The third-order valence-corrected chi connectivity index (χ3v) is 5.70. The van der Waals surface area contributed by atoms with E-state index in [1.165, 1.54) is 29.1 Å². The molecule has 0 spiro atoms. The fourth-order valence-electron chi connectivity index (χ4n) is 3.33. The van der Waals surface area contributed by atoms with Gasteiger partial charge in [0, 0.05) is 11.1 Å². The van der Waals surface area contributed by atoms with Gasteiger partial charge in [-0.2, -0.15) is 28.1 Å². The fourth-order valence-corrected chi connectivity index (χ4v) is 4.20. The smallest absolute Gasteiger partial charge is 0.422 e. The van der Waals surface area contributed by atoms with Crippen molar-refractivity contribution in [1.29, 1.82) is 0 Å². The van der Waals surface area contributed by atoms with Crippen molar-refractivity contribution in [3.8, 4) is 17.1 Å².